The van der Waals surface area contributed by atoms with Crippen molar-refractivity contribution in [2.24, 2.45) is 0 Å². The van der Waals surface area contributed by atoms with Gasteiger partial charge in [0, 0.05) is 25.6 Å². The van der Waals surface area contributed by atoms with Crippen LogP contribution in [0.1, 0.15) is 24.8 Å². The molecule has 1 aliphatic heterocycles. The van der Waals surface area contributed by atoms with Crippen molar-refractivity contribution in [1.82, 2.24) is 10.2 Å². The molecular weight excluding hydrogens is 252 g/mol. The number of hydrogen-bond acceptors (Lipinski definition) is 3. The lowest BCUT2D eigenvalue weighted by atomic mass is 10.0. The van der Waals surface area contributed by atoms with Crippen molar-refractivity contribution in [3.05, 3.63) is 29.8 Å². The number of likely N-dealkylation sites (N-methyl/N-ethyl adjacent to an activating group) is 1. The molecule has 20 heavy (non-hydrogen) atoms. The molecule has 0 bridgehead atoms. The van der Waals surface area contributed by atoms with E-state index in [1.54, 1.807) is 7.11 Å². The molecule has 1 aliphatic rings. The minimum atomic E-state index is 0.257. The van der Waals surface area contributed by atoms with Crippen LogP contribution in [-0.4, -0.2) is 44.1 Å². The van der Waals surface area contributed by atoms with Crippen molar-refractivity contribution in [3.63, 3.8) is 0 Å². The molecule has 0 aliphatic carbocycles. The number of nitrogens with one attached hydrogen (secondary N) is 1. The van der Waals surface area contributed by atoms with Gasteiger partial charge in [0.25, 0.3) is 0 Å². The number of carbonyl (C=O) groups excluding carboxylic acids is 1. The molecule has 0 radical (unpaired) electrons. The number of benzene rings is 1. The Bertz CT molecular complexity index is 448. The minimum absolute atomic E-state index is 0.257. The van der Waals surface area contributed by atoms with Crippen molar-refractivity contribution in [2.45, 2.75) is 31.7 Å². The van der Waals surface area contributed by atoms with Gasteiger partial charge in [0.1, 0.15) is 5.75 Å². The zero-order chi connectivity index (χ0) is 14.4. The van der Waals surface area contributed by atoms with Crippen LogP contribution in [0.4, 0.5) is 0 Å². The molecule has 0 spiro atoms. The normalized spacial score (nSPS) is 18.9. The van der Waals surface area contributed by atoms with Crippen LogP contribution in [0.3, 0.4) is 0 Å². The Labute approximate surface area is 121 Å². The Morgan fingerprint density at radius 1 is 1.50 bits per heavy atom. The third kappa shape index (κ3) is 3.97. The third-order valence-electron chi connectivity index (χ3n) is 3.94. The van der Waals surface area contributed by atoms with Crippen LogP contribution < -0.4 is 10.1 Å². The number of methoxy groups -OCH3 is 1. The Morgan fingerprint density at radius 3 is 3.10 bits per heavy atom. The van der Waals surface area contributed by atoms with E-state index >= 15 is 0 Å². The second kappa shape index (κ2) is 7.29. The van der Waals surface area contributed by atoms with Gasteiger partial charge in [-0.25, -0.2) is 0 Å². The molecule has 1 N–H and O–H groups in total. The number of aryl methyl sites for hydroxylation is 1. The highest BCUT2D eigenvalue weighted by Gasteiger charge is 2.22. The van der Waals surface area contributed by atoms with Gasteiger partial charge in [0.05, 0.1) is 7.11 Å². The Balaban J connectivity index is 1.85. The summed E-state index contributed by atoms with van der Waals surface area (Å²) in [6.45, 7) is 1.74. The molecule has 1 aromatic carbocycles. The number of ether oxygens (including phenoxy) is 1. The maximum Gasteiger partial charge on any atom is 0.222 e. The maximum absolute atomic E-state index is 12.3. The predicted molar refractivity (Wildman–Crippen MR) is 80.0 cm³/mol. The summed E-state index contributed by atoms with van der Waals surface area (Å²) >= 11 is 0. The largest absolute Gasteiger partial charge is 0.497 e. The van der Waals surface area contributed by atoms with Crippen LogP contribution in [0.2, 0.25) is 0 Å². The monoisotopic (exact) mass is 276 g/mol. The summed E-state index contributed by atoms with van der Waals surface area (Å²) in [4.78, 5) is 14.2. The van der Waals surface area contributed by atoms with Gasteiger partial charge in [-0.15, -0.1) is 0 Å². The average molecular weight is 276 g/mol. The lowest BCUT2D eigenvalue weighted by Crippen LogP contribution is -2.47. The molecule has 1 saturated heterocycles. The highest BCUT2D eigenvalue weighted by Crippen LogP contribution is 2.16. The highest BCUT2D eigenvalue weighted by atomic mass is 16.5. The zero-order valence-electron chi connectivity index (χ0n) is 12.4. The van der Waals surface area contributed by atoms with Gasteiger partial charge in [-0.3, -0.25) is 4.79 Å². The van der Waals surface area contributed by atoms with Crippen molar-refractivity contribution in [1.29, 1.82) is 0 Å². The van der Waals surface area contributed by atoms with Crippen LogP contribution in [0.25, 0.3) is 0 Å². The molecule has 110 valence electrons. The first-order chi connectivity index (χ1) is 9.72. The minimum Gasteiger partial charge on any atom is -0.497 e. The fraction of sp³-hybridized carbons (Fsp3) is 0.562. The molecule has 1 heterocycles. The van der Waals surface area contributed by atoms with E-state index in [1.165, 1.54) is 0 Å². The van der Waals surface area contributed by atoms with Gasteiger partial charge in [-0.2, -0.15) is 0 Å². The number of rotatable bonds is 5. The molecule has 4 heteroatoms. The number of hydrogen-bond donors (Lipinski definition) is 1. The van der Waals surface area contributed by atoms with Gasteiger partial charge in [-0.05, 0) is 44.0 Å². The molecule has 1 atom stereocenters. The van der Waals surface area contributed by atoms with E-state index in [2.05, 4.69) is 5.32 Å². The van der Waals surface area contributed by atoms with Gasteiger partial charge in [0.15, 0.2) is 0 Å². The third-order valence-corrected chi connectivity index (χ3v) is 3.94. The van der Waals surface area contributed by atoms with Gasteiger partial charge in [0.2, 0.25) is 5.91 Å². The molecule has 2 rings (SSSR count). The molecule has 1 amide bonds. The van der Waals surface area contributed by atoms with E-state index in [4.69, 9.17) is 4.74 Å². The van der Waals surface area contributed by atoms with E-state index in [9.17, 15) is 4.79 Å². The Morgan fingerprint density at radius 2 is 2.35 bits per heavy atom. The number of piperidine rings is 1. The summed E-state index contributed by atoms with van der Waals surface area (Å²) < 4.78 is 5.20. The first-order valence-corrected chi connectivity index (χ1v) is 7.31. The number of nitrogens with zero attached hydrogens (tertiary/aromatic N) is 1. The Hall–Kier alpha value is -1.55. The SMILES string of the molecule is CNC1CCCN(C(=O)CCc2cccc(OC)c2)C1. The molecule has 1 unspecified atom stereocenters. The molecule has 0 aromatic heterocycles. The lowest BCUT2D eigenvalue weighted by Gasteiger charge is -2.32. The average Bonchev–Trinajstić information content (AvgIpc) is 2.52. The smallest absolute Gasteiger partial charge is 0.222 e. The highest BCUT2D eigenvalue weighted by molar-refractivity contribution is 5.76. The van der Waals surface area contributed by atoms with Crippen LogP contribution in [-0.2, 0) is 11.2 Å². The fourth-order valence-corrected chi connectivity index (χ4v) is 2.68. The van der Waals surface area contributed by atoms with Crippen LogP contribution in [0.15, 0.2) is 24.3 Å². The van der Waals surface area contributed by atoms with E-state index in [1.807, 2.05) is 36.2 Å². The fourth-order valence-electron chi connectivity index (χ4n) is 2.68. The molecule has 1 aromatic rings. The van der Waals surface area contributed by atoms with E-state index in [0.717, 1.165) is 43.7 Å². The molecule has 4 nitrogen and oxygen atoms in total. The summed E-state index contributed by atoms with van der Waals surface area (Å²) in [7, 11) is 3.63. The first kappa shape index (κ1) is 14.9. The second-order valence-electron chi connectivity index (χ2n) is 5.32. The summed E-state index contributed by atoms with van der Waals surface area (Å²) in [6.07, 6.45) is 3.60. The topological polar surface area (TPSA) is 41.6 Å². The summed E-state index contributed by atoms with van der Waals surface area (Å²) in [5, 5.41) is 3.27. The van der Waals surface area contributed by atoms with Gasteiger partial charge < -0.3 is 15.0 Å². The van der Waals surface area contributed by atoms with Crippen molar-refractivity contribution < 1.29 is 9.53 Å². The molecule has 1 fully saturated rings. The lowest BCUT2D eigenvalue weighted by molar-refractivity contribution is -0.132. The van der Waals surface area contributed by atoms with E-state index < -0.39 is 0 Å². The van der Waals surface area contributed by atoms with Gasteiger partial charge >= 0.3 is 0 Å². The van der Waals surface area contributed by atoms with Crippen molar-refractivity contribution >= 4 is 5.91 Å². The quantitative estimate of drug-likeness (QED) is 0.892. The summed E-state index contributed by atoms with van der Waals surface area (Å²) in [5.41, 5.74) is 1.15. The Kier molecular flexibility index (Phi) is 5.41. The standard InChI is InChI=1S/C16H24N2O2/c1-17-14-6-4-10-18(12-14)16(19)9-8-13-5-3-7-15(11-13)20-2/h3,5,7,11,14,17H,4,6,8-10,12H2,1-2H3. The first-order valence-electron chi connectivity index (χ1n) is 7.31. The van der Waals surface area contributed by atoms with Crippen LogP contribution >= 0.6 is 0 Å². The summed E-state index contributed by atoms with van der Waals surface area (Å²) in [6, 6.07) is 8.39. The van der Waals surface area contributed by atoms with Crippen LogP contribution in [0, 0.1) is 0 Å². The number of likely N-dealkylation sites (tertiary alicyclic amines) is 1. The van der Waals surface area contributed by atoms with E-state index in [-0.39, 0.29) is 5.91 Å². The predicted octanol–water partition coefficient (Wildman–Crippen LogP) is 1.84. The van der Waals surface area contributed by atoms with Crippen LogP contribution in [0.5, 0.6) is 5.75 Å². The second-order valence-corrected chi connectivity index (χ2v) is 5.32. The molecular formula is C16H24N2O2. The molecule has 0 saturated carbocycles. The van der Waals surface area contributed by atoms with Crippen molar-refractivity contribution in [2.75, 3.05) is 27.2 Å². The van der Waals surface area contributed by atoms with E-state index in [0.29, 0.717) is 12.5 Å². The summed E-state index contributed by atoms with van der Waals surface area (Å²) in [5.74, 6) is 1.11. The van der Waals surface area contributed by atoms with Crippen molar-refractivity contribution in [3.8, 4) is 5.75 Å². The zero-order valence-corrected chi connectivity index (χ0v) is 12.4. The number of amides is 1. The number of carbonyl (C=O) groups is 1. The maximum atomic E-state index is 12.3. The van der Waals surface area contributed by atoms with Gasteiger partial charge in [-0.1, -0.05) is 12.1 Å².